The van der Waals surface area contributed by atoms with Crippen LogP contribution in [-0.4, -0.2) is 36.1 Å². The van der Waals surface area contributed by atoms with Gasteiger partial charge in [-0.3, -0.25) is 4.79 Å². The van der Waals surface area contributed by atoms with Gasteiger partial charge < -0.3 is 9.64 Å². The molecule has 0 aromatic heterocycles. The van der Waals surface area contributed by atoms with E-state index in [2.05, 4.69) is 15.9 Å². The quantitative estimate of drug-likeness (QED) is 0.798. The molecule has 2 unspecified atom stereocenters. The molecule has 1 aliphatic heterocycles. The number of ether oxygens (including phenoxy) is 1. The van der Waals surface area contributed by atoms with Crippen molar-refractivity contribution in [2.45, 2.75) is 32.9 Å². The van der Waals surface area contributed by atoms with Gasteiger partial charge in [-0.15, -0.1) is 0 Å². The maximum atomic E-state index is 12.5. The molecule has 4 heteroatoms. The number of nitrogens with zero attached hydrogens (tertiary/aromatic N) is 1. The number of aryl methyl sites for hydroxylation is 1. The molecule has 18 heavy (non-hydrogen) atoms. The molecule has 1 fully saturated rings. The first-order chi connectivity index (χ1) is 8.49. The van der Waals surface area contributed by atoms with Gasteiger partial charge in [0.1, 0.15) is 0 Å². The normalized spacial score (nSPS) is 24.1. The smallest absolute Gasteiger partial charge is 0.254 e. The fraction of sp³-hybridized carbons (Fsp3) is 0.500. The fourth-order valence-corrected chi connectivity index (χ4v) is 2.46. The summed E-state index contributed by atoms with van der Waals surface area (Å²) in [5.41, 5.74) is 1.86. The van der Waals surface area contributed by atoms with Gasteiger partial charge in [0.05, 0.1) is 18.8 Å². The summed E-state index contributed by atoms with van der Waals surface area (Å²) in [6.07, 6.45) is 0.110. The minimum Gasteiger partial charge on any atom is -0.375 e. The van der Waals surface area contributed by atoms with Gasteiger partial charge in [0.2, 0.25) is 0 Å². The summed E-state index contributed by atoms with van der Waals surface area (Å²) in [5, 5.41) is 0. The van der Waals surface area contributed by atoms with Crippen LogP contribution < -0.4 is 0 Å². The zero-order valence-corrected chi connectivity index (χ0v) is 12.5. The van der Waals surface area contributed by atoms with Crippen molar-refractivity contribution in [2.24, 2.45) is 0 Å². The van der Waals surface area contributed by atoms with E-state index in [-0.39, 0.29) is 18.1 Å². The van der Waals surface area contributed by atoms with Gasteiger partial charge >= 0.3 is 0 Å². The second kappa shape index (κ2) is 5.41. The summed E-state index contributed by atoms with van der Waals surface area (Å²) >= 11 is 3.47. The van der Waals surface area contributed by atoms with Gasteiger partial charge in [0.15, 0.2) is 0 Å². The van der Waals surface area contributed by atoms with Crippen molar-refractivity contribution in [3.8, 4) is 0 Å². The van der Waals surface area contributed by atoms with E-state index in [0.717, 1.165) is 15.6 Å². The van der Waals surface area contributed by atoms with E-state index in [0.29, 0.717) is 13.2 Å². The lowest BCUT2D eigenvalue weighted by Crippen LogP contribution is -2.50. The average Bonchev–Trinajstić information content (AvgIpc) is 2.35. The molecule has 2 rings (SSSR count). The molecule has 0 saturated carbocycles. The molecule has 1 amide bonds. The maximum Gasteiger partial charge on any atom is 0.254 e. The molecule has 0 bridgehead atoms. The van der Waals surface area contributed by atoms with Crippen LogP contribution in [-0.2, 0) is 4.74 Å². The monoisotopic (exact) mass is 311 g/mol. The Labute approximate surface area is 116 Å². The number of hydrogen-bond acceptors (Lipinski definition) is 2. The molecule has 1 aliphatic rings. The number of rotatable bonds is 1. The van der Waals surface area contributed by atoms with Gasteiger partial charge in [-0.25, -0.2) is 0 Å². The predicted octanol–water partition coefficient (Wildman–Crippen LogP) is 3.01. The molecular weight excluding hydrogens is 294 g/mol. The molecule has 0 radical (unpaired) electrons. The lowest BCUT2D eigenvalue weighted by Gasteiger charge is -2.36. The van der Waals surface area contributed by atoms with E-state index in [4.69, 9.17) is 4.74 Å². The SMILES string of the molecule is Cc1ccc(C(=O)N2CC(C)OCC2C)cc1Br. The molecule has 0 N–H and O–H groups in total. The van der Waals surface area contributed by atoms with Crippen LogP contribution in [0.3, 0.4) is 0 Å². The van der Waals surface area contributed by atoms with Crippen LogP contribution in [0.15, 0.2) is 22.7 Å². The third-order valence-corrected chi connectivity index (χ3v) is 4.14. The lowest BCUT2D eigenvalue weighted by atomic mass is 10.1. The molecule has 1 aromatic carbocycles. The van der Waals surface area contributed by atoms with E-state index in [1.54, 1.807) is 0 Å². The molecule has 98 valence electrons. The number of carbonyl (C=O) groups is 1. The highest BCUT2D eigenvalue weighted by Gasteiger charge is 2.28. The van der Waals surface area contributed by atoms with Crippen LogP contribution in [0.2, 0.25) is 0 Å². The molecule has 1 saturated heterocycles. The van der Waals surface area contributed by atoms with E-state index < -0.39 is 0 Å². The molecular formula is C14H18BrNO2. The van der Waals surface area contributed by atoms with Gasteiger partial charge in [-0.05, 0) is 38.5 Å². The summed E-state index contributed by atoms with van der Waals surface area (Å²) < 4.78 is 6.52. The zero-order valence-electron chi connectivity index (χ0n) is 10.9. The highest BCUT2D eigenvalue weighted by Crippen LogP contribution is 2.21. The Kier molecular flexibility index (Phi) is 4.07. The molecule has 0 spiro atoms. The number of benzene rings is 1. The molecule has 1 heterocycles. The minimum absolute atomic E-state index is 0.0818. The van der Waals surface area contributed by atoms with Crippen LogP contribution in [0, 0.1) is 6.92 Å². The zero-order chi connectivity index (χ0) is 13.3. The van der Waals surface area contributed by atoms with E-state index in [9.17, 15) is 4.79 Å². The molecule has 3 nitrogen and oxygen atoms in total. The fourth-order valence-electron chi connectivity index (χ4n) is 2.08. The number of hydrogen-bond donors (Lipinski definition) is 0. The Morgan fingerprint density at radius 1 is 1.44 bits per heavy atom. The Bertz CT molecular complexity index is 461. The van der Waals surface area contributed by atoms with E-state index >= 15 is 0 Å². The van der Waals surface area contributed by atoms with Gasteiger partial charge in [-0.1, -0.05) is 22.0 Å². The number of morpholine rings is 1. The summed E-state index contributed by atoms with van der Waals surface area (Å²) in [6.45, 7) is 7.30. The van der Waals surface area contributed by atoms with Crippen LogP contribution in [0.25, 0.3) is 0 Å². The predicted molar refractivity (Wildman–Crippen MR) is 74.8 cm³/mol. The maximum absolute atomic E-state index is 12.5. The lowest BCUT2D eigenvalue weighted by molar-refractivity contribution is -0.0387. The van der Waals surface area contributed by atoms with Gasteiger partial charge in [-0.2, -0.15) is 0 Å². The van der Waals surface area contributed by atoms with Crippen molar-refractivity contribution in [1.29, 1.82) is 0 Å². The number of halogens is 1. The summed E-state index contributed by atoms with van der Waals surface area (Å²) in [4.78, 5) is 14.4. The second-order valence-electron chi connectivity index (χ2n) is 4.91. The Morgan fingerprint density at radius 2 is 2.17 bits per heavy atom. The first-order valence-corrected chi connectivity index (χ1v) is 6.97. The Hall–Kier alpha value is -0.870. The Morgan fingerprint density at radius 3 is 2.83 bits per heavy atom. The average molecular weight is 312 g/mol. The molecule has 1 aromatic rings. The summed E-state index contributed by atoms with van der Waals surface area (Å²) in [7, 11) is 0. The summed E-state index contributed by atoms with van der Waals surface area (Å²) in [5.74, 6) is 0.0818. The van der Waals surface area contributed by atoms with Crippen molar-refractivity contribution in [3.05, 3.63) is 33.8 Å². The van der Waals surface area contributed by atoms with E-state index in [1.807, 2.05) is 43.9 Å². The van der Waals surface area contributed by atoms with Crippen LogP contribution in [0.1, 0.15) is 29.8 Å². The van der Waals surface area contributed by atoms with Crippen LogP contribution in [0.5, 0.6) is 0 Å². The van der Waals surface area contributed by atoms with Crippen molar-refractivity contribution in [1.82, 2.24) is 4.90 Å². The molecule has 0 aliphatic carbocycles. The highest BCUT2D eigenvalue weighted by atomic mass is 79.9. The van der Waals surface area contributed by atoms with Crippen molar-refractivity contribution in [3.63, 3.8) is 0 Å². The van der Waals surface area contributed by atoms with Crippen molar-refractivity contribution in [2.75, 3.05) is 13.2 Å². The standard InChI is InChI=1S/C14H18BrNO2/c1-9-4-5-12(6-13(9)15)14(17)16-7-11(3)18-8-10(16)2/h4-6,10-11H,7-8H2,1-3H3. The largest absolute Gasteiger partial charge is 0.375 e. The molecule has 2 atom stereocenters. The highest BCUT2D eigenvalue weighted by molar-refractivity contribution is 9.10. The Balaban J connectivity index is 2.21. The second-order valence-corrected chi connectivity index (χ2v) is 5.77. The third kappa shape index (κ3) is 2.75. The third-order valence-electron chi connectivity index (χ3n) is 3.29. The van der Waals surface area contributed by atoms with Crippen molar-refractivity contribution < 1.29 is 9.53 Å². The summed E-state index contributed by atoms with van der Waals surface area (Å²) in [6, 6.07) is 5.87. The minimum atomic E-state index is 0.0818. The van der Waals surface area contributed by atoms with Crippen LogP contribution in [0.4, 0.5) is 0 Å². The van der Waals surface area contributed by atoms with Gasteiger partial charge in [0, 0.05) is 16.6 Å². The first-order valence-electron chi connectivity index (χ1n) is 6.17. The number of carbonyl (C=O) groups excluding carboxylic acids is 1. The number of amides is 1. The van der Waals surface area contributed by atoms with E-state index in [1.165, 1.54) is 0 Å². The van der Waals surface area contributed by atoms with Gasteiger partial charge in [0.25, 0.3) is 5.91 Å². The first kappa shape index (κ1) is 13.6. The van der Waals surface area contributed by atoms with Crippen molar-refractivity contribution >= 4 is 21.8 Å². The van der Waals surface area contributed by atoms with Crippen LogP contribution >= 0.6 is 15.9 Å². The topological polar surface area (TPSA) is 29.5 Å².